The maximum absolute atomic E-state index is 10.3. The Balaban J connectivity index is 2.50. The lowest BCUT2D eigenvalue weighted by molar-refractivity contribution is -0.135. The molecule has 1 aliphatic rings. The molecule has 1 aliphatic heterocycles. The first-order valence-corrected chi connectivity index (χ1v) is 3.71. The van der Waals surface area contributed by atoms with Gasteiger partial charge in [0.1, 0.15) is 5.25 Å². The van der Waals surface area contributed by atoms with Crippen molar-refractivity contribution < 1.29 is 9.90 Å². The zero-order chi connectivity index (χ0) is 6.85. The van der Waals surface area contributed by atoms with Gasteiger partial charge in [0.2, 0.25) is 0 Å². The summed E-state index contributed by atoms with van der Waals surface area (Å²) >= 11 is 1.46. The van der Waals surface area contributed by atoms with Crippen LogP contribution < -0.4 is 0 Å². The molecule has 0 aromatic rings. The molecule has 0 radical (unpaired) electrons. The second-order valence-electron chi connectivity index (χ2n) is 1.98. The number of carbonyl (C=O) groups is 1. The van der Waals surface area contributed by atoms with Crippen LogP contribution in [0.1, 0.15) is 6.92 Å². The molecule has 50 valence electrons. The summed E-state index contributed by atoms with van der Waals surface area (Å²) in [5, 5.41) is 8.52. The van der Waals surface area contributed by atoms with Gasteiger partial charge in [-0.2, -0.15) is 0 Å². The standard InChI is InChI=1S/C6H8O2S/c1-4-2-3-5(9-4)6(7)8/h2-5H,1H3,(H,7,8)/t4-,5-/m1/s1. The Morgan fingerprint density at radius 2 is 2.33 bits per heavy atom. The molecule has 0 saturated heterocycles. The van der Waals surface area contributed by atoms with E-state index < -0.39 is 5.97 Å². The van der Waals surface area contributed by atoms with Crippen LogP contribution in [0.25, 0.3) is 0 Å². The Kier molecular flexibility index (Phi) is 1.81. The fourth-order valence-electron chi connectivity index (χ4n) is 0.720. The second kappa shape index (κ2) is 2.43. The summed E-state index contributed by atoms with van der Waals surface area (Å²) in [6.07, 6.45) is 3.65. The highest BCUT2D eigenvalue weighted by Gasteiger charge is 2.21. The zero-order valence-electron chi connectivity index (χ0n) is 5.07. The van der Waals surface area contributed by atoms with Crippen LogP contribution >= 0.6 is 11.8 Å². The second-order valence-corrected chi connectivity index (χ2v) is 3.51. The van der Waals surface area contributed by atoms with Crippen molar-refractivity contribution in [2.75, 3.05) is 0 Å². The van der Waals surface area contributed by atoms with Gasteiger partial charge in [-0.25, -0.2) is 0 Å². The van der Waals surface area contributed by atoms with E-state index in [1.54, 1.807) is 6.08 Å². The first kappa shape index (κ1) is 6.68. The van der Waals surface area contributed by atoms with Gasteiger partial charge < -0.3 is 5.11 Å². The fraction of sp³-hybridized carbons (Fsp3) is 0.500. The Bertz CT molecular complexity index is 153. The number of hydrogen-bond donors (Lipinski definition) is 1. The molecule has 2 nitrogen and oxygen atoms in total. The molecule has 0 spiro atoms. The van der Waals surface area contributed by atoms with Gasteiger partial charge in [0.25, 0.3) is 0 Å². The molecule has 0 saturated carbocycles. The van der Waals surface area contributed by atoms with Crippen LogP contribution in [-0.4, -0.2) is 21.6 Å². The largest absolute Gasteiger partial charge is 0.480 e. The summed E-state index contributed by atoms with van der Waals surface area (Å²) in [7, 11) is 0. The lowest BCUT2D eigenvalue weighted by Gasteiger charge is -2.00. The van der Waals surface area contributed by atoms with Crippen LogP contribution in [0.4, 0.5) is 0 Å². The maximum Gasteiger partial charge on any atom is 0.320 e. The topological polar surface area (TPSA) is 37.3 Å². The van der Waals surface area contributed by atoms with Crippen molar-refractivity contribution in [3.63, 3.8) is 0 Å². The number of aliphatic carboxylic acids is 1. The van der Waals surface area contributed by atoms with Gasteiger partial charge in [-0.1, -0.05) is 12.2 Å². The number of carboxylic acids is 1. The molecule has 1 heterocycles. The first-order chi connectivity index (χ1) is 4.20. The molecule has 0 bridgehead atoms. The van der Waals surface area contributed by atoms with E-state index in [-0.39, 0.29) is 5.25 Å². The molecule has 1 rings (SSSR count). The Morgan fingerprint density at radius 1 is 1.67 bits per heavy atom. The summed E-state index contributed by atoms with van der Waals surface area (Å²) < 4.78 is 0. The van der Waals surface area contributed by atoms with E-state index in [4.69, 9.17) is 5.11 Å². The summed E-state index contributed by atoms with van der Waals surface area (Å²) in [4.78, 5) is 10.3. The summed E-state index contributed by atoms with van der Waals surface area (Å²) in [5.41, 5.74) is 0. The first-order valence-electron chi connectivity index (χ1n) is 2.77. The molecule has 9 heavy (non-hydrogen) atoms. The van der Waals surface area contributed by atoms with Crippen molar-refractivity contribution in [1.82, 2.24) is 0 Å². The third-order valence-corrected chi connectivity index (χ3v) is 2.40. The molecule has 0 amide bonds. The minimum Gasteiger partial charge on any atom is -0.480 e. The van der Waals surface area contributed by atoms with Crippen LogP contribution in [0, 0.1) is 0 Å². The van der Waals surface area contributed by atoms with Crippen LogP contribution in [-0.2, 0) is 4.79 Å². The van der Waals surface area contributed by atoms with E-state index >= 15 is 0 Å². The minimum atomic E-state index is -0.736. The van der Waals surface area contributed by atoms with Crippen LogP contribution in [0.2, 0.25) is 0 Å². The van der Waals surface area contributed by atoms with Crippen molar-refractivity contribution >= 4 is 17.7 Å². The highest BCUT2D eigenvalue weighted by Crippen LogP contribution is 2.26. The van der Waals surface area contributed by atoms with Crippen molar-refractivity contribution in [3.8, 4) is 0 Å². The van der Waals surface area contributed by atoms with Crippen molar-refractivity contribution in [1.29, 1.82) is 0 Å². The van der Waals surface area contributed by atoms with E-state index in [9.17, 15) is 4.79 Å². The molecule has 2 atom stereocenters. The van der Waals surface area contributed by atoms with Crippen LogP contribution in [0.5, 0.6) is 0 Å². The van der Waals surface area contributed by atoms with Gasteiger partial charge in [-0.15, -0.1) is 11.8 Å². The number of thioether (sulfide) groups is 1. The van der Waals surface area contributed by atoms with Gasteiger partial charge in [-0.3, -0.25) is 4.79 Å². The predicted molar refractivity (Wildman–Crippen MR) is 37.6 cm³/mol. The van der Waals surface area contributed by atoms with Crippen LogP contribution in [0.3, 0.4) is 0 Å². The lowest BCUT2D eigenvalue weighted by Crippen LogP contribution is -2.11. The van der Waals surface area contributed by atoms with E-state index in [1.165, 1.54) is 11.8 Å². The van der Waals surface area contributed by atoms with Crippen LogP contribution in [0.15, 0.2) is 12.2 Å². The Morgan fingerprint density at radius 3 is 2.56 bits per heavy atom. The molecule has 0 aliphatic carbocycles. The van der Waals surface area contributed by atoms with Gasteiger partial charge in [0, 0.05) is 5.25 Å². The third-order valence-electron chi connectivity index (χ3n) is 1.16. The molecule has 0 fully saturated rings. The SMILES string of the molecule is C[C@@H]1C=C[C@H](C(=O)O)S1. The predicted octanol–water partition coefficient (Wildman–Crippen LogP) is 1.13. The highest BCUT2D eigenvalue weighted by atomic mass is 32.2. The molecule has 0 unspecified atom stereocenters. The molecule has 3 heteroatoms. The van der Waals surface area contributed by atoms with E-state index in [1.807, 2.05) is 13.0 Å². The van der Waals surface area contributed by atoms with Gasteiger partial charge in [0.05, 0.1) is 0 Å². The average Bonchev–Trinajstić information content (AvgIpc) is 2.14. The van der Waals surface area contributed by atoms with Gasteiger partial charge in [0.15, 0.2) is 0 Å². The molecular formula is C6H8O2S. The normalized spacial score (nSPS) is 33.0. The molecule has 0 aromatic heterocycles. The summed E-state index contributed by atoms with van der Waals surface area (Å²) in [6.45, 7) is 1.99. The lowest BCUT2D eigenvalue weighted by atomic mass is 10.3. The molecular weight excluding hydrogens is 136 g/mol. The fourth-order valence-corrected chi connectivity index (χ4v) is 1.66. The monoisotopic (exact) mass is 144 g/mol. The minimum absolute atomic E-state index is 0.306. The quantitative estimate of drug-likeness (QED) is 0.560. The van der Waals surface area contributed by atoms with Crippen molar-refractivity contribution in [2.24, 2.45) is 0 Å². The Hall–Kier alpha value is -0.440. The Labute approximate surface area is 57.9 Å². The van der Waals surface area contributed by atoms with E-state index in [0.717, 1.165) is 0 Å². The van der Waals surface area contributed by atoms with Gasteiger partial charge in [-0.05, 0) is 6.92 Å². The van der Waals surface area contributed by atoms with Crippen molar-refractivity contribution in [3.05, 3.63) is 12.2 Å². The van der Waals surface area contributed by atoms with E-state index in [0.29, 0.717) is 5.25 Å². The molecule has 0 aromatic carbocycles. The third kappa shape index (κ3) is 1.48. The molecule has 1 N–H and O–H groups in total. The summed E-state index contributed by atoms with van der Waals surface area (Å²) in [5.74, 6) is -0.736. The average molecular weight is 144 g/mol. The summed E-state index contributed by atoms with van der Waals surface area (Å²) in [6, 6.07) is 0. The van der Waals surface area contributed by atoms with Crippen molar-refractivity contribution in [2.45, 2.75) is 17.4 Å². The maximum atomic E-state index is 10.3. The van der Waals surface area contributed by atoms with E-state index in [2.05, 4.69) is 0 Å². The highest BCUT2D eigenvalue weighted by molar-refractivity contribution is 8.01. The number of carboxylic acid groups (broad SMARTS) is 1. The van der Waals surface area contributed by atoms with Gasteiger partial charge >= 0.3 is 5.97 Å². The zero-order valence-corrected chi connectivity index (χ0v) is 5.89. The smallest absolute Gasteiger partial charge is 0.320 e. The number of rotatable bonds is 1. The number of hydrogen-bond acceptors (Lipinski definition) is 2.